The first-order chi connectivity index (χ1) is 8.49. The Morgan fingerprint density at radius 2 is 2.28 bits per heavy atom. The molecule has 0 aliphatic heterocycles. The lowest BCUT2D eigenvalue weighted by molar-refractivity contribution is -0.384. The minimum atomic E-state index is -0.478. The first kappa shape index (κ1) is 13.8. The van der Waals surface area contributed by atoms with E-state index in [0.29, 0.717) is 18.8 Å². The number of non-ortho nitro benzene ring substituents is 1. The van der Waals surface area contributed by atoms with Crippen LogP contribution in [-0.4, -0.2) is 18.0 Å². The largest absolute Gasteiger partial charge is 0.397 e. The van der Waals surface area contributed by atoms with Crippen LogP contribution in [0.3, 0.4) is 0 Å². The zero-order valence-corrected chi connectivity index (χ0v) is 10.5. The lowest BCUT2D eigenvalue weighted by atomic mass is 10.1. The fourth-order valence-electron chi connectivity index (χ4n) is 1.71. The Kier molecular flexibility index (Phi) is 4.49. The van der Waals surface area contributed by atoms with E-state index in [1.54, 1.807) is 6.07 Å². The van der Waals surface area contributed by atoms with Crippen LogP contribution < -0.4 is 10.6 Å². The fraction of sp³-hybridized carbons (Fsp3) is 0.417. The van der Waals surface area contributed by atoms with Crippen LogP contribution in [-0.2, 0) is 0 Å². The van der Waals surface area contributed by atoms with Crippen LogP contribution in [0.25, 0.3) is 0 Å². The van der Waals surface area contributed by atoms with Crippen molar-refractivity contribution in [1.29, 1.82) is 5.26 Å². The minimum Gasteiger partial charge on any atom is -0.397 e. The van der Waals surface area contributed by atoms with E-state index in [1.807, 2.05) is 18.7 Å². The van der Waals surface area contributed by atoms with E-state index in [2.05, 4.69) is 6.07 Å². The van der Waals surface area contributed by atoms with E-state index in [4.69, 9.17) is 11.0 Å². The zero-order chi connectivity index (χ0) is 13.7. The first-order valence-electron chi connectivity index (χ1n) is 5.68. The predicted molar refractivity (Wildman–Crippen MR) is 70.2 cm³/mol. The molecular weight excluding hydrogens is 232 g/mol. The summed E-state index contributed by atoms with van der Waals surface area (Å²) in [6.07, 6.45) is 0. The van der Waals surface area contributed by atoms with Gasteiger partial charge in [0, 0.05) is 25.2 Å². The molecule has 0 aromatic heterocycles. The third kappa shape index (κ3) is 3.10. The summed E-state index contributed by atoms with van der Waals surface area (Å²) in [6.45, 7) is 5.01. The molecule has 0 saturated carbocycles. The number of rotatable bonds is 5. The van der Waals surface area contributed by atoms with Gasteiger partial charge in [-0.3, -0.25) is 10.1 Å². The molecule has 1 rings (SSSR count). The number of anilines is 2. The van der Waals surface area contributed by atoms with Gasteiger partial charge in [-0.05, 0) is 19.9 Å². The van der Waals surface area contributed by atoms with Crippen LogP contribution in [0, 0.1) is 27.4 Å². The molecule has 18 heavy (non-hydrogen) atoms. The van der Waals surface area contributed by atoms with Gasteiger partial charge in [0.1, 0.15) is 0 Å². The van der Waals surface area contributed by atoms with E-state index in [0.717, 1.165) is 5.69 Å². The fourth-order valence-corrected chi connectivity index (χ4v) is 1.71. The Balaban J connectivity index is 3.00. The topological polar surface area (TPSA) is 96.2 Å². The maximum absolute atomic E-state index is 10.6. The molecule has 0 aliphatic carbocycles. The van der Waals surface area contributed by atoms with Gasteiger partial charge in [-0.2, -0.15) is 5.26 Å². The number of nitriles is 1. The zero-order valence-electron chi connectivity index (χ0n) is 10.5. The third-order valence-corrected chi connectivity index (χ3v) is 2.66. The summed E-state index contributed by atoms with van der Waals surface area (Å²) in [5.74, 6) is -0.125. The highest BCUT2D eigenvalue weighted by atomic mass is 16.6. The smallest absolute Gasteiger partial charge is 0.271 e. The molecule has 0 fully saturated rings. The number of nitro groups is 1. The Morgan fingerprint density at radius 3 is 2.72 bits per heavy atom. The Morgan fingerprint density at radius 1 is 1.61 bits per heavy atom. The van der Waals surface area contributed by atoms with Crippen LogP contribution in [0.1, 0.15) is 13.8 Å². The highest BCUT2D eigenvalue weighted by Crippen LogP contribution is 2.28. The number of benzene rings is 1. The average molecular weight is 248 g/mol. The molecular formula is C12H16N4O2. The quantitative estimate of drug-likeness (QED) is 0.489. The summed E-state index contributed by atoms with van der Waals surface area (Å²) in [7, 11) is 0. The maximum Gasteiger partial charge on any atom is 0.271 e. The lowest BCUT2D eigenvalue weighted by Gasteiger charge is -2.25. The molecule has 96 valence electrons. The lowest BCUT2D eigenvalue weighted by Crippen LogP contribution is -2.28. The van der Waals surface area contributed by atoms with Crippen LogP contribution in [0.5, 0.6) is 0 Å². The van der Waals surface area contributed by atoms with Gasteiger partial charge >= 0.3 is 0 Å². The summed E-state index contributed by atoms with van der Waals surface area (Å²) < 4.78 is 0. The van der Waals surface area contributed by atoms with E-state index < -0.39 is 4.92 Å². The van der Waals surface area contributed by atoms with Gasteiger partial charge in [0.2, 0.25) is 0 Å². The summed E-state index contributed by atoms with van der Waals surface area (Å²) >= 11 is 0. The van der Waals surface area contributed by atoms with Crippen molar-refractivity contribution in [3.05, 3.63) is 28.3 Å². The van der Waals surface area contributed by atoms with Crippen molar-refractivity contribution in [2.24, 2.45) is 5.92 Å². The van der Waals surface area contributed by atoms with Gasteiger partial charge in [0.25, 0.3) is 5.69 Å². The van der Waals surface area contributed by atoms with Gasteiger partial charge in [0.05, 0.1) is 28.3 Å². The molecule has 1 aromatic rings. The predicted octanol–water partition coefficient (Wildman–Crippen LogP) is 2.16. The van der Waals surface area contributed by atoms with E-state index in [9.17, 15) is 10.1 Å². The Labute approximate surface area is 106 Å². The number of hydrogen-bond acceptors (Lipinski definition) is 5. The van der Waals surface area contributed by atoms with E-state index in [1.165, 1.54) is 12.1 Å². The summed E-state index contributed by atoms with van der Waals surface area (Å²) in [5.41, 5.74) is 6.88. The second kappa shape index (κ2) is 5.87. The molecule has 0 heterocycles. The summed E-state index contributed by atoms with van der Waals surface area (Å²) in [6, 6.07) is 6.55. The van der Waals surface area contributed by atoms with Crippen molar-refractivity contribution in [3.63, 3.8) is 0 Å². The monoisotopic (exact) mass is 248 g/mol. The average Bonchev–Trinajstić information content (AvgIpc) is 2.35. The van der Waals surface area contributed by atoms with Gasteiger partial charge in [0.15, 0.2) is 0 Å². The van der Waals surface area contributed by atoms with Crippen LogP contribution in [0.4, 0.5) is 17.1 Å². The van der Waals surface area contributed by atoms with Crippen molar-refractivity contribution in [3.8, 4) is 6.07 Å². The van der Waals surface area contributed by atoms with E-state index in [-0.39, 0.29) is 11.6 Å². The molecule has 1 atom stereocenters. The Bertz CT molecular complexity index is 481. The molecule has 2 N–H and O–H groups in total. The second-order valence-corrected chi connectivity index (χ2v) is 4.07. The molecule has 0 bridgehead atoms. The van der Waals surface area contributed by atoms with Gasteiger partial charge < -0.3 is 10.6 Å². The summed E-state index contributed by atoms with van der Waals surface area (Å²) in [4.78, 5) is 12.1. The van der Waals surface area contributed by atoms with Crippen molar-refractivity contribution in [2.45, 2.75) is 13.8 Å². The molecule has 0 spiro atoms. The summed E-state index contributed by atoms with van der Waals surface area (Å²) in [5, 5.41) is 19.4. The van der Waals surface area contributed by atoms with Crippen LogP contribution in [0.15, 0.2) is 18.2 Å². The number of nitrogen functional groups attached to an aromatic ring is 1. The molecule has 1 unspecified atom stereocenters. The molecule has 0 saturated heterocycles. The number of hydrogen-bond donors (Lipinski definition) is 1. The first-order valence-corrected chi connectivity index (χ1v) is 5.68. The third-order valence-electron chi connectivity index (χ3n) is 2.66. The Hall–Kier alpha value is -2.29. The van der Waals surface area contributed by atoms with Crippen molar-refractivity contribution < 1.29 is 4.92 Å². The minimum absolute atomic E-state index is 0.0272. The maximum atomic E-state index is 10.6. The molecule has 0 aliphatic rings. The normalized spacial score (nSPS) is 11.6. The molecule has 0 radical (unpaired) electrons. The second-order valence-electron chi connectivity index (χ2n) is 4.07. The molecule has 6 heteroatoms. The van der Waals surface area contributed by atoms with Crippen LogP contribution in [0.2, 0.25) is 0 Å². The van der Waals surface area contributed by atoms with Crippen molar-refractivity contribution >= 4 is 17.1 Å². The van der Waals surface area contributed by atoms with E-state index >= 15 is 0 Å². The molecule has 1 aromatic carbocycles. The van der Waals surface area contributed by atoms with Crippen LogP contribution >= 0.6 is 0 Å². The highest BCUT2D eigenvalue weighted by molar-refractivity contribution is 5.70. The number of nitrogens with zero attached hydrogens (tertiary/aromatic N) is 3. The molecule has 0 amide bonds. The number of nitro benzene ring substituents is 1. The van der Waals surface area contributed by atoms with Gasteiger partial charge in [-0.15, -0.1) is 0 Å². The highest BCUT2D eigenvalue weighted by Gasteiger charge is 2.14. The van der Waals surface area contributed by atoms with Gasteiger partial charge in [-0.25, -0.2) is 0 Å². The molecule has 6 nitrogen and oxygen atoms in total. The standard InChI is InChI=1S/C12H16N4O2/c1-3-15(8-9(2)7-13)12-5-4-10(16(17)18)6-11(12)14/h4-6,9H,3,8,14H2,1-2H3. The number of nitrogens with two attached hydrogens (primary N) is 1. The SMILES string of the molecule is CCN(CC(C)C#N)c1ccc([N+](=O)[O-])cc1N. The van der Waals surface area contributed by atoms with Crippen molar-refractivity contribution in [2.75, 3.05) is 23.7 Å². The van der Waals surface area contributed by atoms with Crippen molar-refractivity contribution in [1.82, 2.24) is 0 Å². The van der Waals surface area contributed by atoms with Gasteiger partial charge in [-0.1, -0.05) is 0 Å².